The van der Waals surface area contributed by atoms with Gasteiger partial charge in [-0.15, -0.1) is 0 Å². The number of aliphatic hydroxyl groups excluding tert-OH is 1. The third kappa shape index (κ3) is 4.89. The van der Waals surface area contributed by atoms with Gasteiger partial charge in [-0.3, -0.25) is 4.90 Å². The number of aliphatic hydroxyl groups is 1. The Kier molecular flexibility index (Phi) is 7.92. The van der Waals surface area contributed by atoms with Crippen molar-refractivity contribution in [1.29, 1.82) is 0 Å². The van der Waals surface area contributed by atoms with Crippen LogP contribution in [0, 0.1) is 31.6 Å². The number of nitrogens with zero attached hydrogens (tertiary/aromatic N) is 1. The summed E-state index contributed by atoms with van der Waals surface area (Å²) in [7, 11) is 0. The molecule has 1 rings (SSSR count). The molecule has 0 aromatic rings. The SMILES string of the molecule is CCCCN(CCCC)[C@@H](C)[C@H](O)[C]1[CH][CH][CH][CH]1. The van der Waals surface area contributed by atoms with Crippen LogP contribution in [-0.4, -0.2) is 35.2 Å². The van der Waals surface area contributed by atoms with E-state index >= 15 is 0 Å². The van der Waals surface area contributed by atoms with Gasteiger partial charge in [0.05, 0.1) is 6.10 Å². The van der Waals surface area contributed by atoms with Crippen molar-refractivity contribution in [3.8, 4) is 0 Å². The molecule has 0 heterocycles. The standard InChI is InChI=1S/C16H28NO/c1-4-6-12-17(13-7-5-2)14(3)16(18)15-10-8-9-11-15/h8-11,14,16,18H,4-7,12-13H2,1-3H3/t14-,16-/m0/s1. The summed E-state index contributed by atoms with van der Waals surface area (Å²) in [6.07, 6.45) is 12.5. The van der Waals surface area contributed by atoms with Gasteiger partial charge < -0.3 is 5.11 Å². The van der Waals surface area contributed by atoms with Crippen molar-refractivity contribution in [2.75, 3.05) is 13.1 Å². The molecule has 2 atom stereocenters. The third-order valence-electron chi connectivity index (χ3n) is 3.66. The minimum absolute atomic E-state index is 0.200. The van der Waals surface area contributed by atoms with Crippen molar-refractivity contribution >= 4 is 0 Å². The van der Waals surface area contributed by atoms with E-state index in [1.54, 1.807) is 0 Å². The van der Waals surface area contributed by atoms with Crippen molar-refractivity contribution in [2.45, 2.75) is 58.6 Å². The largest absolute Gasteiger partial charge is 0.391 e. The van der Waals surface area contributed by atoms with E-state index in [1.807, 2.05) is 25.7 Å². The molecule has 103 valence electrons. The molecule has 1 aliphatic rings. The minimum atomic E-state index is -0.367. The Morgan fingerprint density at radius 1 is 1.06 bits per heavy atom. The highest BCUT2D eigenvalue weighted by atomic mass is 16.3. The van der Waals surface area contributed by atoms with Gasteiger partial charge in [0.15, 0.2) is 0 Å². The summed E-state index contributed by atoms with van der Waals surface area (Å²) in [5.74, 6) is 1.04. The van der Waals surface area contributed by atoms with E-state index in [-0.39, 0.29) is 12.1 Å². The van der Waals surface area contributed by atoms with Gasteiger partial charge in [0.1, 0.15) is 0 Å². The first-order valence-electron chi connectivity index (χ1n) is 7.34. The second kappa shape index (κ2) is 8.92. The zero-order valence-electron chi connectivity index (χ0n) is 12.1. The molecule has 1 fully saturated rings. The highest BCUT2D eigenvalue weighted by molar-refractivity contribution is 5.38. The van der Waals surface area contributed by atoms with Crippen LogP contribution >= 0.6 is 0 Å². The Morgan fingerprint density at radius 3 is 2.00 bits per heavy atom. The molecule has 0 amide bonds. The van der Waals surface area contributed by atoms with E-state index in [4.69, 9.17) is 0 Å². The molecule has 0 aromatic heterocycles. The third-order valence-corrected chi connectivity index (χ3v) is 3.66. The normalized spacial score (nSPS) is 20.5. The summed E-state index contributed by atoms with van der Waals surface area (Å²) < 4.78 is 0. The molecule has 1 N–H and O–H groups in total. The molecule has 5 radical (unpaired) electrons. The van der Waals surface area contributed by atoms with E-state index in [1.165, 1.54) is 25.7 Å². The van der Waals surface area contributed by atoms with Crippen LogP contribution in [0.25, 0.3) is 0 Å². The molecule has 0 aromatic carbocycles. The minimum Gasteiger partial charge on any atom is -0.391 e. The fourth-order valence-electron chi connectivity index (χ4n) is 2.31. The summed E-state index contributed by atoms with van der Waals surface area (Å²) >= 11 is 0. The molecule has 2 nitrogen and oxygen atoms in total. The molecule has 18 heavy (non-hydrogen) atoms. The van der Waals surface area contributed by atoms with Gasteiger partial charge in [-0.25, -0.2) is 0 Å². The molecule has 1 saturated carbocycles. The first-order valence-corrected chi connectivity index (χ1v) is 7.34. The Labute approximate surface area is 114 Å². The van der Waals surface area contributed by atoms with Gasteiger partial charge in [-0.05, 0) is 58.5 Å². The molecular formula is C16H28NO. The van der Waals surface area contributed by atoms with Crippen molar-refractivity contribution < 1.29 is 5.11 Å². The molecule has 0 unspecified atom stereocenters. The van der Waals surface area contributed by atoms with Crippen molar-refractivity contribution in [1.82, 2.24) is 4.90 Å². The van der Waals surface area contributed by atoms with E-state index < -0.39 is 0 Å². The molecule has 0 spiro atoms. The monoisotopic (exact) mass is 250 g/mol. The summed E-state index contributed by atoms with van der Waals surface area (Å²) in [5.41, 5.74) is 0. The van der Waals surface area contributed by atoms with Gasteiger partial charge in [0.25, 0.3) is 0 Å². The lowest BCUT2D eigenvalue weighted by Crippen LogP contribution is -2.45. The number of hydrogen-bond acceptors (Lipinski definition) is 2. The highest BCUT2D eigenvalue weighted by Crippen LogP contribution is 2.29. The number of hydrogen-bond donors (Lipinski definition) is 1. The Morgan fingerprint density at radius 2 is 1.56 bits per heavy atom. The van der Waals surface area contributed by atoms with Crippen LogP contribution < -0.4 is 0 Å². The van der Waals surface area contributed by atoms with Gasteiger partial charge >= 0.3 is 0 Å². The predicted molar refractivity (Wildman–Crippen MR) is 77.3 cm³/mol. The first kappa shape index (κ1) is 16.0. The second-order valence-electron chi connectivity index (χ2n) is 5.15. The average Bonchev–Trinajstić information content (AvgIpc) is 2.91. The zero-order chi connectivity index (χ0) is 13.4. The van der Waals surface area contributed by atoms with Gasteiger partial charge in [0.2, 0.25) is 0 Å². The van der Waals surface area contributed by atoms with Crippen LogP contribution in [0.4, 0.5) is 0 Å². The Bertz CT molecular complexity index is 193. The summed E-state index contributed by atoms with van der Waals surface area (Å²) in [6.45, 7) is 8.76. The fourth-order valence-corrected chi connectivity index (χ4v) is 2.31. The van der Waals surface area contributed by atoms with Crippen molar-refractivity contribution in [3.05, 3.63) is 31.6 Å². The van der Waals surface area contributed by atoms with Gasteiger partial charge in [-0.1, -0.05) is 26.7 Å². The Balaban J connectivity index is 2.46. The van der Waals surface area contributed by atoms with E-state index in [2.05, 4.69) is 25.7 Å². The summed E-state index contributed by atoms with van der Waals surface area (Å²) in [5, 5.41) is 10.4. The smallest absolute Gasteiger partial charge is 0.0761 e. The van der Waals surface area contributed by atoms with Crippen LogP contribution in [0.1, 0.15) is 46.5 Å². The molecule has 2 heteroatoms. The van der Waals surface area contributed by atoms with Crippen LogP contribution in [-0.2, 0) is 0 Å². The predicted octanol–water partition coefficient (Wildman–Crippen LogP) is 3.04. The van der Waals surface area contributed by atoms with Crippen molar-refractivity contribution in [2.24, 2.45) is 0 Å². The lowest BCUT2D eigenvalue weighted by atomic mass is 9.94. The van der Waals surface area contributed by atoms with E-state index in [0.29, 0.717) is 0 Å². The first-order chi connectivity index (χ1) is 8.70. The van der Waals surface area contributed by atoms with E-state index in [0.717, 1.165) is 19.0 Å². The fraction of sp³-hybridized carbons (Fsp3) is 0.688. The van der Waals surface area contributed by atoms with Crippen LogP contribution in [0.5, 0.6) is 0 Å². The van der Waals surface area contributed by atoms with Crippen LogP contribution in [0.2, 0.25) is 0 Å². The maximum absolute atomic E-state index is 10.4. The molecule has 0 bridgehead atoms. The van der Waals surface area contributed by atoms with E-state index in [9.17, 15) is 5.11 Å². The topological polar surface area (TPSA) is 23.5 Å². The zero-order valence-corrected chi connectivity index (χ0v) is 12.1. The quantitative estimate of drug-likeness (QED) is 0.680. The lowest BCUT2D eigenvalue weighted by molar-refractivity contribution is 0.0704. The highest BCUT2D eigenvalue weighted by Gasteiger charge is 2.31. The summed E-state index contributed by atoms with van der Waals surface area (Å²) in [6, 6.07) is 0.200. The number of unbranched alkanes of at least 4 members (excludes halogenated alkanes) is 2. The maximum Gasteiger partial charge on any atom is 0.0761 e. The Hall–Kier alpha value is -0.0800. The molecule has 0 aliphatic heterocycles. The van der Waals surface area contributed by atoms with Crippen LogP contribution in [0.3, 0.4) is 0 Å². The molecule has 1 aliphatic carbocycles. The van der Waals surface area contributed by atoms with Gasteiger partial charge in [-0.2, -0.15) is 0 Å². The van der Waals surface area contributed by atoms with Crippen molar-refractivity contribution in [3.63, 3.8) is 0 Å². The average molecular weight is 250 g/mol. The lowest BCUT2D eigenvalue weighted by Gasteiger charge is -2.34. The molecule has 0 saturated heterocycles. The second-order valence-corrected chi connectivity index (χ2v) is 5.15. The summed E-state index contributed by atoms with van der Waals surface area (Å²) in [4.78, 5) is 2.44. The van der Waals surface area contributed by atoms with Crippen LogP contribution in [0.15, 0.2) is 0 Å². The number of rotatable bonds is 9. The van der Waals surface area contributed by atoms with Gasteiger partial charge in [0, 0.05) is 12.0 Å². The molecular weight excluding hydrogens is 222 g/mol. The maximum atomic E-state index is 10.4.